The fraction of sp³-hybridized carbons (Fsp3) is 0.143. The van der Waals surface area contributed by atoms with Gasteiger partial charge in [-0.3, -0.25) is 0 Å². The Morgan fingerprint density at radius 3 is 2.16 bits per heavy atom. The van der Waals surface area contributed by atoms with Crippen LogP contribution in [0.4, 0.5) is 13.2 Å². The molecule has 0 spiro atoms. The highest BCUT2D eigenvalue weighted by molar-refractivity contribution is 5.87. The molecular weight excluding hydrogens is 325 g/mol. The monoisotopic (exact) mass is 342 g/mol. The summed E-state index contributed by atoms with van der Waals surface area (Å²) in [4.78, 5) is 0. The van der Waals surface area contributed by atoms with Crippen molar-refractivity contribution in [3.63, 3.8) is 0 Å². The molecular formula is C21H17F3O. The van der Waals surface area contributed by atoms with Crippen LogP contribution in [0.3, 0.4) is 0 Å². The maximum atomic E-state index is 12.2. The first kappa shape index (κ1) is 17.1. The molecule has 0 N–H and O–H groups in total. The van der Waals surface area contributed by atoms with Crippen molar-refractivity contribution in [3.05, 3.63) is 78.9 Å². The number of hydrogen-bond acceptors (Lipinski definition) is 1. The minimum Gasteiger partial charge on any atom is -0.406 e. The smallest absolute Gasteiger partial charge is 0.406 e. The minimum atomic E-state index is -4.67. The number of aryl methyl sites for hydroxylation is 1. The Kier molecular flexibility index (Phi) is 4.79. The van der Waals surface area contributed by atoms with Gasteiger partial charge in [0.15, 0.2) is 0 Å². The molecule has 0 atom stereocenters. The Labute approximate surface area is 144 Å². The Morgan fingerprint density at radius 2 is 1.48 bits per heavy atom. The van der Waals surface area contributed by atoms with Gasteiger partial charge in [0.05, 0.1) is 0 Å². The van der Waals surface area contributed by atoms with Crippen LogP contribution in [-0.2, 0) is 6.42 Å². The van der Waals surface area contributed by atoms with E-state index in [0.29, 0.717) is 0 Å². The summed E-state index contributed by atoms with van der Waals surface area (Å²) in [6.45, 7) is 3.74. The number of fused-ring (bicyclic) bond motifs is 1. The maximum Gasteiger partial charge on any atom is 0.573 e. The zero-order chi connectivity index (χ0) is 17.9. The van der Waals surface area contributed by atoms with Crippen molar-refractivity contribution < 1.29 is 17.9 Å². The van der Waals surface area contributed by atoms with Crippen LogP contribution in [0.5, 0.6) is 5.75 Å². The number of allylic oxidation sites excluding steroid dienone is 1. The van der Waals surface area contributed by atoms with E-state index in [2.05, 4.69) is 29.5 Å². The number of rotatable bonds is 5. The first-order valence-corrected chi connectivity index (χ1v) is 7.94. The molecule has 0 aromatic heterocycles. The maximum absolute atomic E-state index is 12.2. The fourth-order valence-corrected chi connectivity index (χ4v) is 2.75. The van der Waals surface area contributed by atoms with Crippen LogP contribution in [0.25, 0.3) is 21.9 Å². The SMILES string of the molecule is C=CCCc1ccc2cc(-c3ccc(OC(F)(F)F)cc3)ccc2c1. The molecule has 0 bridgehead atoms. The van der Waals surface area contributed by atoms with Crippen molar-refractivity contribution >= 4 is 10.8 Å². The summed E-state index contributed by atoms with van der Waals surface area (Å²) in [5.41, 5.74) is 3.05. The molecule has 0 aliphatic heterocycles. The molecule has 0 aliphatic carbocycles. The van der Waals surface area contributed by atoms with E-state index < -0.39 is 6.36 Å². The summed E-state index contributed by atoms with van der Waals surface area (Å²) in [5.74, 6) is -0.219. The fourth-order valence-electron chi connectivity index (χ4n) is 2.75. The number of hydrogen-bond donors (Lipinski definition) is 0. The van der Waals surface area contributed by atoms with Crippen LogP contribution >= 0.6 is 0 Å². The second-order valence-corrected chi connectivity index (χ2v) is 5.80. The molecule has 0 heterocycles. The van der Waals surface area contributed by atoms with Gasteiger partial charge < -0.3 is 4.74 Å². The molecule has 3 aromatic carbocycles. The molecule has 0 aliphatic rings. The third kappa shape index (κ3) is 4.41. The lowest BCUT2D eigenvalue weighted by Crippen LogP contribution is -2.16. The minimum absolute atomic E-state index is 0.219. The largest absolute Gasteiger partial charge is 0.573 e. The van der Waals surface area contributed by atoms with Crippen molar-refractivity contribution in [1.29, 1.82) is 0 Å². The Balaban J connectivity index is 1.85. The average Bonchev–Trinajstić information content (AvgIpc) is 2.58. The van der Waals surface area contributed by atoms with Crippen molar-refractivity contribution in [2.24, 2.45) is 0 Å². The Bertz CT molecular complexity index is 880. The van der Waals surface area contributed by atoms with E-state index in [1.54, 1.807) is 12.1 Å². The quantitative estimate of drug-likeness (QED) is 0.479. The first-order valence-electron chi connectivity index (χ1n) is 7.94. The molecule has 1 nitrogen and oxygen atoms in total. The standard InChI is InChI=1S/C21H17F3O/c1-2-3-4-15-5-6-19-14-18(8-7-17(19)13-15)16-9-11-20(12-10-16)25-21(22,23)24/h2,5-14H,1,3-4H2. The van der Waals surface area contributed by atoms with Crippen molar-refractivity contribution in [1.82, 2.24) is 0 Å². The van der Waals surface area contributed by atoms with Gasteiger partial charge in [-0.25, -0.2) is 0 Å². The third-order valence-electron chi connectivity index (χ3n) is 3.96. The van der Waals surface area contributed by atoms with E-state index in [0.717, 1.165) is 34.7 Å². The lowest BCUT2D eigenvalue weighted by atomic mass is 9.99. The molecule has 0 saturated carbocycles. The third-order valence-corrected chi connectivity index (χ3v) is 3.96. The normalized spacial score (nSPS) is 11.5. The van der Waals surface area contributed by atoms with Crippen molar-refractivity contribution in [2.45, 2.75) is 19.2 Å². The van der Waals surface area contributed by atoms with Gasteiger partial charge >= 0.3 is 6.36 Å². The molecule has 0 saturated heterocycles. The average molecular weight is 342 g/mol. The highest BCUT2D eigenvalue weighted by Crippen LogP contribution is 2.29. The topological polar surface area (TPSA) is 9.23 Å². The van der Waals surface area contributed by atoms with E-state index >= 15 is 0 Å². The van der Waals surface area contributed by atoms with E-state index in [1.807, 2.05) is 24.3 Å². The Hall–Kier alpha value is -2.75. The van der Waals surface area contributed by atoms with E-state index in [-0.39, 0.29) is 5.75 Å². The zero-order valence-electron chi connectivity index (χ0n) is 13.5. The van der Waals surface area contributed by atoms with Gasteiger partial charge in [-0.1, -0.05) is 48.5 Å². The molecule has 3 rings (SSSR count). The molecule has 0 unspecified atom stereocenters. The number of benzene rings is 3. The van der Waals surface area contributed by atoms with Gasteiger partial charge in [-0.05, 0) is 58.5 Å². The van der Waals surface area contributed by atoms with Gasteiger partial charge in [0.2, 0.25) is 0 Å². The number of alkyl halides is 3. The molecule has 128 valence electrons. The highest BCUT2D eigenvalue weighted by atomic mass is 19.4. The van der Waals surface area contributed by atoms with Gasteiger partial charge in [-0.15, -0.1) is 19.8 Å². The van der Waals surface area contributed by atoms with Gasteiger partial charge in [0.1, 0.15) is 5.75 Å². The number of ether oxygens (including phenoxy) is 1. The second kappa shape index (κ2) is 7.01. The van der Waals surface area contributed by atoms with Crippen LogP contribution in [0.2, 0.25) is 0 Å². The highest BCUT2D eigenvalue weighted by Gasteiger charge is 2.30. The Morgan fingerprint density at radius 1 is 0.840 bits per heavy atom. The summed E-state index contributed by atoms with van der Waals surface area (Å²) in [6.07, 6.45) is -0.870. The molecule has 0 fully saturated rings. The molecule has 25 heavy (non-hydrogen) atoms. The van der Waals surface area contributed by atoms with E-state index in [1.165, 1.54) is 17.7 Å². The van der Waals surface area contributed by atoms with Crippen LogP contribution in [0, 0.1) is 0 Å². The van der Waals surface area contributed by atoms with E-state index in [4.69, 9.17) is 0 Å². The van der Waals surface area contributed by atoms with Crippen molar-refractivity contribution in [2.75, 3.05) is 0 Å². The van der Waals surface area contributed by atoms with Gasteiger partial charge in [-0.2, -0.15) is 0 Å². The lowest BCUT2D eigenvalue weighted by Gasteiger charge is -2.10. The summed E-state index contributed by atoms with van der Waals surface area (Å²) in [6, 6.07) is 18.3. The predicted octanol–water partition coefficient (Wildman–Crippen LogP) is 6.52. The van der Waals surface area contributed by atoms with Crippen LogP contribution in [0.15, 0.2) is 73.3 Å². The molecule has 0 radical (unpaired) electrons. The zero-order valence-corrected chi connectivity index (χ0v) is 13.5. The van der Waals surface area contributed by atoms with Crippen LogP contribution in [-0.4, -0.2) is 6.36 Å². The van der Waals surface area contributed by atoms with E-state index in [9.17, 15) is 13.2 Å². The molecule has 0 amide bonds. The predicted molar refractivity (Wildman–Crippen MR) is 94.6 cm³/mol. The molecule has 3 aromatic rings. The lowest BCUT2D eigenvalue weighted by molar-refractivity contribution is -0.274. The van der Waals surface area contributed by atoms with Crippen molar-refractivity contribution in [3.8, 4) is 16.9 Å². The van der Waals surface area contributed by atoms with Gasteiger partial charge in [0.25, 0.3) is 0 Å². The summed E-state index contributed by atoms with van der Waals surface area (Å²) in [7, 11) is 0. The van der Waals surface area contributed by atoms with Crippen LogP contribution in [0.1, 0.15) is 12.0 Å². The summed E-state index contributed by atoms with van der Waals surface area (Å²) >= 11 is 0. The van der Waals surface area contributed by atoms with Gasteiger partial charge in [0, 0.05) is 0 Å². The second-order valence-electron chi connectivity index (χ2n) is 5.80. The molecule has 4 heteroatoms. The summed E-state index contributed by atoms with van der Waals surface area (Å²) < 4.78 is 40.6. The van der Waals surface area contributed by atoms with Crippen LogP contribution < -0.4 is 4.74 Å². The number of halogens is 3. The first-order chi connectivity index (χ1) is 11.9. The summed E-state index contributed by atoms with van der Waals surface area (Å²) in [5, 5.41) is 2.23.